The molecule has 0 saturated heterocycles. The van der Waals surface area contributed by atoms with E-state index in [1.807, 2.05) is 49.4 Å². The molecule has 0 saturated carbocycles. The smallest absolute Gasteiger partial charge is 0.202 e. The van der Waals surface area contributed by atoms with Gasteiger partial charge in [0.2, 0.25) is 5.78 Å². The van der Waals surface area contributed by atoms with Crippen molar-refractivity contribution in [2.45, 2.75) is 40.2 Å². The first-order valence-corrected chi connectivity index (χ1v) is 7.38. The number of ether oxygens (including phenoxy) is 1. The molecule has 21 heavy (non-hydrogen) atoms. The quantitative estimate of drug-likeness (QED) is 0.754. The Hall–Kier alpha value is -2.09. The summed E-state index contributed by atoms with van der Waals surface area (Å²) in [5.74, 6) is 0.750. The molecule has 2 nitrogen and oxygen atoms in total. The topological polar surface area (TPSA) is 26.3 Å². The molecule has 0 aliphatic heterocycles. The Labute approximate surface area is 126 Å². The number of Topliss-reactive ketones (excluding diaryl/α,β-unsaturated/α-hetero) is 1. The number of aryl methyl sites for hydroxylation is 3. The van der Waals surface area contributed by atoms with Crippen LogP contribution in [0.4, 0.5) is 0 Å². The van der Waals surface area contributed by atoms with Gasteiger partial charge in [-0.05, 0) is 56.0 Å². The van der Waals surface area contributed by atoms with Crippen LogP contribution in [0.25, 0.3) is 0 Å². The van der Waals surface area contributed by atoms with Crippen molar-refractivity contribution in [1.82, 2.24) is 0 Å². The maximum atomic E-state index is 12.4. The fraction of sp³-hybridized carbons (Fsp3) is 0.316. The van der Waals surface area contributed by atoms with Gasteiger partial charge in [0.25, 0.3) is 0 Å². The molecule has 0 aliphatic rings. The third-order valence-electron chi connectivity index (χ3n) is 3.81. The van der Waals surface area contributed by atoms with E-state index in [1.165, 1.54) is 16.7 Å². The van der Waals surface area contributed by atoms with Gasteiger partial charge < -0.3 is 4.74 Å². The van der Waals surface area contributed by atoms with Crippen molar-refractivity contribution in [3.8, 4) is 5.75 Å². The van der Waals surface area contributed by atoms with Crippen molar-refractivity contribution < 1.29 is 9.53 Å². The Morgan fingerprint density at radius 1 is 1.05 bits per heavy atom. The molecular formula is C19H22O2. The van der Waals surface area contributed by atoms with Crippen molar-refractivity contribution >= 4 is 5.78 Å². The molecular weight excluding hydrogens is 260 g/mol. The molecule has 0 N–H and O–H groups in total. The van der Waals surface area contributed by atoms with Crippen molar-refractivity contribution in [1.29, 1.82) is 0 Å². The van der Waals surface area contributed by atoms with Gasteiger partial charge in [0.1, 0.15) is 5.75 Å². The zero-order chi connectivity index (χ0) is 15.4. The number of hydrogen-bond donors (Lipinski definition) is 0. The van der Waals surface area contributed by atoms with Crippen LogP contribution in [0.3, 0.4) is 0 Å². The number of carbonyl (C=O) groups is 1. The minimum absolute atomic E-state index is 0.0101. The summed E-state index contributed by atoms with van der Waals surface area (Å²) in [5, 5.41) is 0. The van der Waals surface area contributed by atoms with E-state index in [9.17, 15) is 4.79 Å². The summed E-state index contributed by atoms with van der Waals surface area (Å²) in [5.41, 5.74) is 4.31. The molecule has 110 valence electrons. The van der Waals surface area contributed by atoms with E-state index < -0.39 is 6.10 Å². The van der Waals surface area contributed by atoms with Gasteiger partial charge in [-0.2, -0.15) is 0 Å². The van der Waals surface area contributed by atoms with Gasteiger partial charge >= 0.3 is 0 Å². The largest absolute Gasteiger partial charge is 0.483 e. The summed E-state index contributed by atoms with van der Waals surface area (Å²) < 4.78 is 5.77. The Morgan fingerprint density at radius 3 is 2.29 bits per heavy atom. The zero-order valence-corrected chi connectivity index (χ0v) is 13.1. The second-order valence-electron chi connectivity index (χ2n) is 5.42. The molecule has 2 aromatic carbocycles. The summed E-state index contributed by atoms with van der Waals surface area (Å²) in [6, 6.07) is 13.6. The molecule has 2 heteroatoms. The SMILES string of the molecule is CCc1ccc(C(=O)C(C)Oc2ccc(C)c(C)c2)cc1. The lowest BCUT2D eigenvalue weighted by Crippen LogP contribution is -2.23. The summed E-state index contributed by atoms with van der Waals surface area (Å²) in [7, 11) is 0. The van der Waals surface area contributed by atoms with Crippen LogP contribution in [0.1, 0.15) is 40.9 Å². The maximum Gasteiger partial charge on any atom is 0.202 e. The molecule has 2 aromatic rings. The van der Waals surface area contributed by atoms with Crippen LogP contribution in [0.15, 0.2) is 42.5 Å². The second-order valence-corrected chi connectivity index (χ2v) is 5.42. The van der Waals surface area contributed by atoms with E-state index in [0.29, 0.717) is 5.56 Å². The molecule has 0 radical (unpaired) electrons. The molecule has 0 aliphatic carbocycles. The lowest BCUT2D eigenvalue weighted by molar-refractivity contribution is 0.0818. The highest BCUT2D eigenvalue weighted by atomic mass is 16.5. The van der Waals surface area contributed by atoms with Crippen LogP contribution in [0.5, 0.6) is 5.75 Å². The molecule has 0 amide bonds. The van der Waals surface area contributed by atoms with E-state index >= 15 is 0 Å². The average Bonchev–Trinajstić information content (AvgIpc) is 2.50. The summed E-state index contributed by atoms with van der Waals surface area (Å²) >= 11 is 0. The van der Waals surface area contributed by atoms with Gasteiger partial charge in [-0.3, -0.25) is 4.79 Å². The van der Waals surface area contributed by atoms with Gasteiger partial charge in [-0.25, -0.2) is 0 Å². The second kappa shape index (κ2) is 6.57. The summed E-state index contributed by atoms with van der Waals surface area (Å²) in [4.78, 5) is 12.4. The van der Waals surface area contributed by atoms with Crippen LogP contribution in [-0.4, -0.2) is 11.9 Å². The molecule has 0 heterocycles. The van der Waals surface area contributed by atoms with Gasteiger partial charge in [0.05, 0.1) is 0 Å². The molecule has 0 aromatic heterocycles. The van der Waals surface area contributed by atoms with E-state index in [-0.39, 0.29) is 5.78 Å². The Kier molecular flexibility index (Phi) is 4.79. The number of benzene rings is 2. The number of ketones is 1. The van der Waals surface area contributed by atoms with Gasteiger partial charge in [-0.1, -0.05) is 37.3 Å². The normalized spacial score (nSPS) is 12.0. The lowest BCUT2D eigenvalue weighted by Gasteiger charge is -2.15. The standard InChI is InChI=1S/C19H22O2/c1-5-16-7-9-17(10-8-16)19(20)15(4)21-18-11-6-13(2)14(3)12-18/h6-12,15H,5H2,1-4H3. The summed E-state index contributed by atoms with van der Waals surface area (Å²) in [6.45, 7) is 7.99. The third-order valence-corrected chi connectivity index (χ3v) is 3.81. The Morgan fingerprint density at radius 2 is 1.71 bits per heavy atom. The highest BCUT2D eigenvalue weighted by molar-refractivity contribution is 5.99. The predicted molar refractivity (Wildman–Crippen MR) is 86.2 cm³/mol. The molecule has 1 atom stereocenters. The van der Waals surface area contributed by atoms with Crippen molar-refractivity contribution in [3.63, 3.8) is 0 Å². The van der Waals surface area contributed by atoms with Crippen molar-refractivity contribution in [2.75, 3.05) is 0 Å². The van der Waals surface area contributed by atoms with Crippen LogP contribution >= 0.6 is 0 Å². The average molecular weight is 282 g/mol. The fourth-order valence-electron chi connectivity index (χ4n) is 2.18. The predicted octanol–water partition coefficient (Wildman–Crippen LogP) is 4.52. The lowest BCUT2D eigenvalue weighted by atomic mass is 10.0. The minimum Gasteiger partial charge on any atom is -0.483 e. The highest BCUT2D eigenvalue weighted by Crippen LogP contribution is 2.19. The fourth-order valence-corrected chi connectivity index (χ4v) is 2.18. The number of rotatable bonds is 5. The summed E-state index contributed by atoms with van der Waals surface area (Å²) in [6.07, 6.45) is 0.489. The number of carbonyl (C=O) groups excluding carboxylic acids is 1. The van der Waals surface area contributed by atoms with Gasteiger partial charge in [0, 0.05) is 5.56 Å². The van der Waals surface area contributed by atoms with E-state index in [0.717, 1.165) is 12.2 Å². The Bertz CT molecular complexity index is 627. The monoisotopic (exact) mass is 282 g/mol. The molecule has 0 bridgehead atoms. The van der Waals surface area contributed by atoms with E-state index in [4.69, 9.17) is 4.74 Å². The molecule has 2 rings (SSSR count). The third kappa shape index (κ3) is 3.72. The first-order valence-electron chi connectivity index (χ1n) is 7.38. The minimum atomic E-state index is -0.486. The molecule has 0 fully saturated rings. The maximum absolute atomic E-state index is 12.4. The van der Waals surface area contributed by atoms with Crippen molar-refractivity contribution in [3.05, 3.63) is 64.7 Å². The van der Waals surface area contributed by atoms with Crippen LogP contribution in [0.2, 0.25) is 0 Å². The Balaban J connectivity index is 2.09. The van der Waals surface area contributed by atoms with Gasteiger partial charge in [-0.15, -0.1) is 0 Å². The highest BCUT2D eigenvalue weighted by Gasteiger charge is 2.17. The first-order chi connectivity index (χ1) is 10.0. The van der Waals surface area contributed by atoms with Gasteiger partial charge in [0.15, 0.2) is 6.10 Å². The first kappa shape index (κ1) is 15.3. The van der Waals surface area contributed by atoms with Crippen LogP contribution in [0, 0.1) is 13.8 Å². The zero-order valence-electron chi connectivity index (χ0n) is 13.1. The van der Waals surface area contributed by atoms with Crippen LogP contribution < -0.4 is 4.74 Å². The van der Waals surface area contributed by atoms with Crippen molar-refractivity contribution in [2.24, 2.45) is 0 Å². The van der Waals surface area contributed by atoms with E-state index in [1.54, 1.807) is 6.92 Å². The van der Waals surface area contributed by atoms with E-state index in [2.05, 4.69) is 13.8 Å². The molecule has 1 unspecified atom stereocenters. The molecule has 0 spiro atoms. The number of hydrogen-bond acceptors (Lipinski definition) is 2. The van der Waals surface area contributed by atoms with Crippen LogP contribution in [-0.2, 0) is 6.42 Å².